The molecular weight excluding hydrogens is 452 g/mol. The zero-order valence-electron chi connectivity index (χ0n) is 16.8. The minimum Gasteiger partial charge on any atom is -0.372 e. The minimum atomic E-state index is -3.10. The summed E-state index contributed by atoms with van der Waals surface area (Å²) in [6.07, 6.45) is 0.482. The average molecular weight is 479 g/mol. The topological polar surface area (TPSA) is 57.7 Å². The Balaban J connectivity index is 1.88. The van der Waals surface area contributed by atoms with Crippen molar-refractivity contribution >= 4 is 37.4 Å². The van der Waals surface area contributed by atoms with Crippen LogP contribution in [0.4, 0.5) is 5.69 Å². The number of sulfone groups is 1. The third-order valence-electron chi connectivity index (χ3n) is 5.43. The molecule has 0 radical (unpaired) electrons. The van der Waals surface area contributed by atoms with Crippen LogP contribution in [-0.2, 0) is 16.4 Å². The Morgan fingerprint density at radius 3 is 2.28 bits per heavy atom. The molecule has 0 saturated carbocycles. The molecule has 1 saturated heterocycles. The van der Waals surface area contributed by atoms with E-state index in [0.717, 1.165) is 24.3 Å². The monoisotopic (exact) mass is 478 g/mol. The molecule has 7 heteroatoms. The lowest BCUT2D eigenvalue weighted by atomic mass is 10.1. The molecular formula is C22H27BrN2O3S. The third kappa shape index (κ3) is 5.20. The van der Waals surface area contributed by atoms with Gasteiger partial charge in [-0.1, -0.05) is 24.3 Å². The smallest absolute Gasteiger partial charge is 0.255 e. The summed E-state index contributed by atoms with van der Waals surface area (Å²) in [6, 6.07) is 15.2. The van der Waals surface area contributed by atoms with Gasteiger partial charge in [-0.05, 0) is 66.0 Å². The van der Waals surface area contributed by atoms with Gasteiger partial charge in [0.05, 0.1) is 17.1 Å². The quantitative estimate of drug-likeness (QED) is 0.600. The Bertz CT molecular complexity index is 956. The van der Waals surface area contributed by atoms with Crippen molar-refractivity contribution in [3.63, 3.8) is 0 Å². The fourth-order valence-electron chi connectivity index (χ4n) is 3.77. The van der Waals surface area contributed by atoms with Crippen LogP contribution in [-0.4, -0.2) is 49.9 Å². The van der Waals surface area contributed by atoms with Gasteiger partial charge in [-0.15, -0.1) is 0 Å². The van der Waals surface area contributed by atoms with Crippen LogP contribution in [0.25, 0.3) is 0 Å². The fraction of sp³-hybridized carbons (Fsp3) is 0.409. The second-order valence-corrected chi connectivity index (χ2v) is 10.4. The zero-order chi connectivity index (χ0) is 21.0. The summed E-state index contributed by atoms with van der Waals surface area (Å²) >= 11 is 3.45. The number of nitrogens with zero attached hydrogens (tertiary/aromatic N) is 2. The first kappa shape index (κ1) is 21.8. The molecule has 1 aliphatic rings. The van der Waals surface area contributed by atoms with E-state index >= 15 is 0 Å². The van der Waals surface area contributed by atoms with E-state index in [1.54, 1.807) is 11.0 Å². The summed E-state index contributed by atoms with van der Waals surface area (Å²) in [5.41, 5.74) is 2.69. The number of hydrogen-bond donors (Lipinski definition) is 0. The van der Waals surface area contributed by atoms with Crippen LogP contribution >= 0.6 is 15.9 Å². The summed E-state index contributed by atoms with van der Waals surface area (Å²) in [6.45, 7) is 6.50. The molecule has 1 atom stereocenters. The number of hydrogen-bond acceptors (Lipinski definition) is 4. The van der Waals surface area contributed by atoms with Gasteiger partial charge in [-0.3, -0.25) is 4.79 Å². The van der Waals surface area contributed by atoms with E-state index in [0.29, 0.717) is 23.0 Å². The van der Waals surface area contributed by atoms with Gasteiger partial charge < -0.3 is 9.80 Å². The van der Waals surface area contributed by atoms with Crippen LogP contribution in [0.3, 0.4) is 0 Å². The molecule has 0 N–H and O–H groups in total. The van der Waals surface area contributed by atoms with Gasteiger partial charge >= 0.3 is 0 Å². The van der Waals surface area contributed by atoms with Gasteiger partial charge in [-0.25, -0.2) is 8.42 Å². The predicted octanol–water partition coefficient (Wildman–Crippen LogP) is 4.12. The summed E-state index contributed by atoms with van der Waals surface area (Å²) in [4.78, 5) is 17.3. The van der Waals surface area contributed by atoms with Crippen molar-refractivity contribution < 1.29 is 13.2 Å². The van der Waals surface area contributed by atoms with E-state index in [1.165, 1.54) is 0 Å². The van der Waals surface area contributed by atoms with Crippen LogP contribution in [0, 0.1) is 0 Å². The highest BCUT2D eigenvalue weighted by Crippen LogP contribution is 2.26. The van der Waals surface area contributed by atoms with Crippen LogP contribution in [0.2, 0.25) is 0 Å². The Morgan fingerprint density at radius 2 is 1.72 bits per heavy atom. The molecule has 0 bridgehead atoms. The van der Waals surface area contributed by atoms with Crippen LogP contribution in [0.15, 0.2) is 53.0 Å². The molecule has 0 spiro atoms. The molecule has 3 rings (SSSR count). The fourth-order valence-corrected chi connectivity index (χ4v) is 5.96. The highest BCUT2D eigenvalue weighted by Gasteiger charge is 2.35. The molecule has 1 heterocycles. The van der Waals surface area contributed by atoms with Gasteiger partial charge in [-0.2, -0.15) is 0 Å². The molecule has 5 nitrogen and oxygen atoms in total. The first-order chi connectivity index (χ1) is 13.8. The number of rotatable bonds is 7. The predicted molar refractivity (Wildman–Crippen MR) is 121 cm³/mol. The van der Waals surface area contributed by atoms with Crippen molar-refractivity contribution in [1.29, 1.82) is 0 Å². The van der Waals surface area contributed by atoms with E-state index in [9.17, 15) is 13.2 Å². The van der Waals surface area contributed by atoms with Crippen LogP contribution in [0.1, 0.15) is 36.2 Å². The highest BCUT2D eigenvalue weighted by atomic mass is 79.9. The maximum atomic E-state index is 13.3. The van der Waals surface area contributed by atoms with Crippen molar-refractivity contribution in [2.75, 3.05) is 29.5 Å². The van der Waals surface area contributed by atoms with E-state index in [2.05, 4.69) is 46.8 Å². The second kappa shape index (κ2) is 9.30. The SMILES string of the molecule is CCN(CC)c1ccc(CN(C(=O)c2ccccc2Br)[C@H]2CCS(=O)(=O)C2)cc1. The lowest BCUT2D eigenvalue weighted by Gasteiger charge is -2.29. The normalized spacial score (nSPS) is 17.8. The molecule has 0 unspecified atom stereocenters. The summed E-state index contributed by atoms with van der Waals surface area (Å²) in [5.74, 6) is 0.0198. The van der Waals surface area contributed by atoms with Gasteiger partial charge in [0.15, 0.2) is 9.84 Å². The van der Waals surface area contributed by atoms with Crippen molar-refractivity contribution in [3.05, 3.63) is 64.1 Å². The Kier molecular flexibility index (Phi) is 7.01. The maximum Gasteiger partial charge on any atom is 0.255 e. The molecule has 29 heavy (non-hydrogen) atoms. The second-order valence-electron chi connectivity index (χ2n) is 7.31. The van der Waals surface area contributed by atoms with Gasteiger partial charge in [0.1, 0.15) is 0 Å². The average Bonchev–Trinajstić information content (AvgIpc) is 3.07. The number of carbonyl (C=O) groups is 1. The number of anilines is 1. The van der Waals surface area contributed by atoms with Crippen molar-refractivity contribution in [2.24, 2.45) is 0 Å². The molecule has 2 aromatic rings. The van der Waals surface area contributed by atoms with E-state index in [-0.39, 0.29) is 23.5 Å². The molecule has 1 aliphatic heterocycles. The summed E-state index contributed by atoms with van der Waals surface area (Å²) < 4.78 is 24.8. The molecule has 1 amide bonds. The molecule has 2 aromatic carbocycles. The summed E-state index contributed by atoms with van der Waals surface area (Å²) in [5, 5.41) is 0. The summed E-state index contributed by atoms with van der Waals surface area (Å²) in [7, 11) is -3.10. The van der Waals surface area contributed by atoms with E-state index < -0.39 is 9.84 Å². The lowest BCUT2D eigenvalue weighted by Crippen LogP contribution is -2.40. The lowest BCUT2D eigenvalue weighted by molar-refractivity contribution is 0.0680. The standard InChI is InChI=1S/C22H27BrN2O3S/c1-3-24(4-2)18-11-9-17(10-12-18)15-25(19-13-14-29(27,28)16-19)22(26)20-7-5-6-8-21(20)23/h5-12,19H,3-4,13-16H2,1-2H3/t19-/m0/s1. The number of benzene rings is 2. The Labute approximate surface area is 181 Å². The third-order valence-corrected chi connectivity index (χ3v) is 7.87. The number of carbonyl (C=O) groups excluding carboxylic acids is 1. The molecule has 1 fully saturated rings. The number of halogens is 1. The molecule has 0 aromatic heterocycles. The van der Waals surface area contributed by atoms with Gasteiger partial charge in [0.2, 0.25) is 0 Å². The largest absolute Gasteiger partial charge is 0.372 e. The van der Waals surface area contributed by atoms with Gasteiger partial charge in [0, 0.05) is 35.8 Å². The van der Waals surface area contributed by atoms with Crippen LogP contribution in [0.5, 0.6) is 0 Å². The Morgan fingerprint density at radius 1 is 1.07 bits per heavy atom. The van der Waals surface area contributed by atoms with Crippen molar-refractivity contribution in [3.8, 4) is 0 Å². The molecule has 0 aliphatic carbocycles. The highest BCUT2D eigenvalue weighted by molar-refractivity contribution is 9.10. The minimum absolute atomic E-state index is 0.0285. The maximum absolute atomic E-state index is 13.3. The first-order valence-corrected chi connectivity index (χ1v) is 12.6. The van der Waals surface area contributed by atoms with Crippen LogP contribution < -0.4 is 4.90 Å². The van der Waals surface area contributed by atoms with Crippen molar-refractivity contribution in [1.82, 2.24) is 4.90 Å². The number of amides is 1. The zero-order valence-corrected chi connectivity index (χ0v) is 19.2. The van der Waals surface area contributed by atoms with Gasteiger partial charge in [0.25, 0.3) is 5.91 Å². The van der Waals surface area contributed by atoms with E-state index in [1.807, 2.05) is 30.3 Å². The van der Waals surface area contributed by atoms with E-state index in [4.69, 9.17) is 0 Å². The Hall–Kier alpha value is -1.86. The molecule has 156 valence electrons. The first-order valence-electron chi connectivity index (χ1n) is 9.94. The van der Waals surface area contributed by atoms with Crippen molar-refractivity contribution in [2.45, 2.75) is 32.9 Å².